The third kappa shape index (κ3) is 8.67. The summed E-state index contributed by atoms with van der Waals surface area (Å²) in [6.45, 7) is -1.08. The number of hydrogen-bond donors (Lipinski definition) is 1. The Morgan fingerprint density at radius 1 is 1.21 bits per heavy atom. The second-order valence-corrected chi connectivity index (χ2v) is 4.62. The Bertz CT molecular complexity index is 583. The Hall–Kier alpha value is -2.70. The number of carbonyl (C=O) groups is 2. The van der Waals surface area contributed by atoms with E-state index in [0.717, 1.165) is 5.56 Å². The average Bonchev–Trinajstić information content (AvgIpc) is 2.54. The van der Waals surface area contributed by atoms with Crippen molar-refractivity contribution in [3.63, 3.8) is 0 Å². The van der Waals surface area contributed by atoms with Crippen LogP contribution in [-0.4, -0.2) is 31.6 Å². The van der Waals surface area contributed by atoms with Crippen molar-refractivity contribution < 1.29 is 27.8 Å². The second-order valence-electron chi connectivity index (χ2n) is 4.62. The lowest BCUT2D eigenvalue weighted by Crippen LogP contribution is -2.30. The summed E-state index contributed by atoms with van der Waals surface area (Å²) in [4.78, 5) is 22.8. The highest BCUT2D eigenvalue weighted by Gasteiger charge is 2.05. The summed E-state index contributed by atoms with van der Waals surface area (Å²) in [7, 11) is 0. The van der Waals surface area contributed by atoms with Gasteiger partial charge in [-0.15, -0.1) is 0 Å². The lowest BCUT2D eigenvalue weighted by atomic mass is 10.1. The number of halogens is 2. The molecule has 0 aromatic heterocycles. The minimum absolute atomic E-state index is 0.0793. The fraction of sp³-hybridized carbons (Fsp3) is 0.294. The molecule has 1 N–H and O–H groups in total. The van der Waals surface area contributed by atoms with Gasteiger partial charge < -0.3 is 14.8 Å². The van der Waals surface area contributed by atoms with Crippen LogP contribution in [0, 0.1) is 0 Å². The zero-order valence-electron chi connectivity index (χ0n) is 13.2. The monoisotopic (exact) mass is 339 g/mol. The number of hydrogen-bond acceptors (Lipinski definition) is 4. The maximum atomic E-state index is 12.0. The van der Waals surface area contributed by atoms with E-state index in [1.54, 1.807) is 24.3 Å². The minimum Gasteiger partial charge on any atom is -0.452 e. The van der Waals surface area contributed by atoms with E-state index < -0.39 is 18.5 Å². The largest absolute Gasteiger partial charge is 0.452 e. The Morgan fingerprint density at radius 3 is 2.54 bits per heavy atom. The normalized spacial score (nSPS) is 11.2. The van der Waals surface area contributed by atoms with E-state index in [1.165, 1.54) is 24.3 Å². The molecule has 1 amide bonds. The van der Waals surface area contributed by atoms with Gasteiger partial charge >= 0.3 is 12.6 Å². The van der Waals surface area contributed by atoms with Gasteiger partial charge in [0.2, 0.25) is 0 Å². The molecule has 0 saturated heterocycles. The molecule has 130 valence electrons. The number of ether oxygens (including phenoxy) is 2. The summed E-state index contributed by atoms with van der Waals surface area (Å²) in [6.07, 6.45) is 6.66. The maximum Gasteiger partial charge on any atom is 0.387 e. The van der Waals surface area contributed by atoms with E-state index in [1.807, 2.05) is 6.92 Å². The molecule has 1 aromatic rings. The fourth-order valence-corrected chi connectivity index (χ4v) is 1.66. The van der Waals surface area contributed by atoms with E-state index >= 15 is 0 Å². The molecule has 0 radical (unpaired) electrons. The summed E-state index contributed by atoms with van der Waals surface area (Å²) in [5.74, 6) is -0.936. The summed E-state index contributed by atoms with van der Waals surface area (Å²) in [6, 6.07) is 6.14. The van der Waals surface area contributed by atoms with Gasteiger partial charge in [-0.25, -0.2) is 4.79 Å². The van der Waals surface area contributed by atoms with Crippen molar-refractivity contribution in [3.8, 4) is 5.75 Å². The molecule has 0 aliphatic carbocycles. The molecule has 0 atom stereocenters. The van der Waals surface area contributed by atoms with Crippen molar-refractivity contribution in [1.82, 2.24) is 5.32 Å². The Labute approximate surface area is 138 Å². The number of carbonyl (C=O) groups excluding carboxylic acids is 2. The predicted octanol–water partition coefficient (Wildman–Crippen LogP) is 2.62. The molecule has 0 aliphatic heterocycles. The van der Waals surface area contributed by atoms with E-state index in [9.17, 15) is 18.4 Å². The number of esters is 1. The van der Waals surface area contributed by atoms with Gasteiger partial charge in [-0.3, -0.25) is 4.79 Å². The highest BCUT2D eigenvalue weighted by molar-refractivity contribution is 5.85. The number of benzene rings is 1. The first-order chi connectivity index (χ1) is 11.5. The van der Waals surface area contributed by atoms with Crippen LogP contribution < -0.4 is 10.1 Å². The maximum absolute atomic E-state index is 12.0. The van der Waals surface area contributed by atoms with E-state index in [0.29, 0.717) is 13.0 Å². The number of alkyl halides is 2. The van der Waals surface area contributed by atoms with Crippen molar-refractivity contribution in [3.05, 3.63) is 54.1 Å². The van der Waals surface area contributed by atoms with Gasteiger partial charge in [0, 0.05) is 12.6 Å². The number of amides is 1. The molecule has 0 aliphatic rings. The molecule has 0 fully saturated rings. The molecule has 0 heterocycles. The van der Waals surface area contributed by atoms with Crippen molar-refractivity contribution in [2.24, 2.45) is 0 Å². The minimum atomic E-state index is -2.86. The van der Waals surface area contributed by atoms with Crippen LogP contribution in [0.1, 0.15) is 12.5 Å². The third-order valence-electron chi connectivity index (χ3n) is 2.77. The first kappa shape index (κ1) is 19.3. The van der Waals surface area contributed by atoms with Crippen LogP contribution in [0.15, 0.2) is 48.6 Å². The number of nitrogens with one attached hydrogen (secondary N) is 1. The zero-order valence-corrected chi connectivity index (χ0v) is 13.2. The summed E-state index contributed by atoms with van der Waals surface area (Å²) in [5, 5.41) is 2.60. The van der Waals surface area contributed by atoms with Crippen molar-refractivity contribution in [2.75, 3.05) is 13.2 Å². The number of rotatable bonds is 9. The molecular weight excluding hydrogens is 320 g/mol. The fourth-order valence-electron chi connectivity index (χ4n) is 1.66. The molecule has 5 nitrogen and oxygen atoms in total. The molecule has 0 bridgehead atoms. The first-order valence-corrected chi connectivity index (χ1v) is 7.28. The molecule has 1 aromatic carbocycles. The topological polar surface area (TPSA) is 64.6 Å². The Morgan fingerprint density at radius 2 is 1.92 bits per heavy atom. The first-order valence-electron chi connectivity index (χ1n) is 7.28. The third-order valence-corrected chi connectivity index (χ3v) is 2.77. The smallest absolute Gasteiger partial charge is 0.387 e. The highest BCUT2D eigenvalue weighted by atomic mass is 19.3. The SMILES string of the molecule is C/C=C/C=C/C(=O)OCC(=O)NCCc1ccc(OC(F)F)cc1. The molecular formula is C17H19F2NO4. The van der Waals surface area contributed by atoms with Gasteiger partial charge in [0.15, 0.2) is 6.61 Å². The van der Waals surface area contributed by atoms with Crippen molar-refractivity contribution in [1.29, 1.82) is 0 Å². The van der Waals surface area contributed by atoms with Crippen LogP contribution >= 0.6 is 0 Å². The van der Waals surface area contributed by atoms with Crippen LogP contribution in [0.5, 0.6) is 5.75 Å². The van der Waals surface area contributed by atoms with Gasteiger partial charge in [0.1, 0.15) is 5.75 Å². The van der Waals surface area contributed by atoms with E-state index in [-0.39, 0.29) is 12.4 Å². The van der Waals surface area contributed by atoms with E-state index in [4.69, 9.17) is 4.74 Å². The lowest BCUT2D eigenvalue weighted by Gasteiger charge is -2.07. The van der Waals surface area contributed by atoms with Crippen LogP contribution in [-0.2, 0) is 20.7 Å². The van der Waals surface area contributed by atoms with Crippen LogP contribution in [0.25, 0.3) is 0 Å². The molecule has 7 heteroatoms. The molecule has 24 heavy (non-hydrogen) atoms. The molecule has 0 spiro atoms. The number of allylic oxidation sites excluding steroid dienone is 3. The van der Waals surface area contributed by atoms with Gasteiger partial charge in [-0.1, -0.05) is 30.4 Å². The zero-order chi connectivity index (χ0) is 17.8. The Kier molecular flexibility index (Phi) is 8.81. The molecule has 1 rings (SSSR count). The van der Waals surface area contributed by atoms with Gasteiger partial charge in [0.25, 0.3) is 5.91 Å². The summed E-state index contributed by atoms with van der Waals surface area (Å²) < 4.78 is 33.0. The van der Waals surface area contributed by atoms with Crippen LogP contribution in [0.2, 0.25) is 0 Å². The van der Waals surface area contributed by atoms with Gasteiger partial charge in [-0.2, -0.15) is 8.78 Å². The summed E-state index contributed by atoms with van der Waals surface area (Å²) in [5.41, 5.74) is 0.850. The van der Waals surface area contributed by atoms with Crippen LogP contribution in [0.3, 0.4) is 0 Å². The lowest BCUT2D eigenvalue weighted by molar-refractivity contribution is -0.143. The van der Waals surface area contributed by atoms with Crippen LogP contribution in [0.4, 0.5) is 8.78 Å². The van der Waals surface area contributed by atoms with Crippen molar-refractivity contribution >= 4 is 11.9 Å². The van der Waals surface area contributed by atoms with Gasteiger partial charge in [0.05, 0.1) is 0 Å². The summed E-state index contributed by atoms with van der Waals surface area (Å²) >= 11 is 0. The van der Waals surface area contributed by atoms with Crippen molar-refractivity contribution in [2.45, 2.75) is 20.0 Å². The second kappa shape index (κ2) is 10.9. The van der Waals surface area contributed by atoms with Gasteiger partial charge in [-0.05, 0) is 31.0 Å². The predicted molar refractivity (Wildman–Crippen MR) is 84.7 cm³/mol. The molecule has 0 saturated carbocycles. The van der Waals surface area contributed by atoms with E-state index in [2.05, 4.69) is 10.1 Å². The Balaban J connectivity index is 2.24. The quantitative estimate of drug-likeness (QED) is 0.427. The standard InChI is InChI=1S/C17H19F2NO4/c1-2-3-4-5-16(22)23-12-15(21)20-11-10-13-6-8-14(9-7-13)24-17(18)19/h2-9,17H,10-12H2,1H3,(H,20,21)/b3-2+,5-4+. The highest BCUT2D eigenvalue weighted by Crippen LogP contribution is 2.14. The molecule has 0 unspecified atom stereocenters. The average molecular weight is 339 g/mol.